The number of anilines is 1. The summed E-state index contributed by atoms with van der Waals surface area (Å²) in [7, 11) is 2.86. The van der Waals surface area contributed by atoms with E-state index < -0.39 is 5.97 Å². The number of H-pyrrole nitrogens is 1. The summed E-state index contributed by atoms with van der Waals surface area (Å²) in [6.07, 6.45) is 1.39. The van der Waals surface area contributed by atoms with Crippen LogP contribution < -0.4 is 10.5 Å². The Hall–Kier alpha value is -3.55. The van der Waals surface area contributed by atoms with Crippen LogP contribution in [0.4, 0.5) is 5.82 Å². The van der Waals surface area contributed by atoms with Gasteiger partial charge < -0.3 is 25.1 Å². The Labute approximate surface area is 168 Å². The number of nitrogens with two attached hydrogens (primary N) is 1. The number of rotatable bonds is 6. The monoisotopic (exact) mass is 396 g/mol. The van der Waals surface area contributed by atoms with Gasteiger partial charge in [-0.25, -0.2) is 9.78 Å². The lowest BCUT2D eigenvalue weighted by Crippen LogP contribution is -2.30. The molecule has 0 radical (unpaired) electrons. The van der Waals surface area contributed by atoms with E-state index in [-0.39, 0.29) is 11.7 Å². The maximum atomic E-state index is 12.6. The molecule has 0 atom stereocenters. The number of hydrogen-bond donors (Lipinski definition) is 2. The normalized spacial score (nSPS) is 10.8. The van der Waals surface area contributed by atoms with Crippen molar-refractivity contribution in [3.8, 4) is 17.0 Å². The van der Waals surface area contributed by atoms with Crippen LogP contribution in [0.25, 0.3) is 22.2 Å². The third-order valence-corrected chi connectivity index (χ3v) is 4.89. The number of amides is 1. The molecule has 0 aliphatic rings. The van der Waals surface area contributed by atoms with E-state index in [4.69, 9.17) is 15.2 Å². The van der Waals surface area contributed by atoms with Gasteiger partial charge in [-0.15, -0.1) is 0 Å². The van der Waals surface area contributed by atoms with Crippen molar-refractivity contribution >= 4 is 28.6 Å². The van der Waals surface area contributed by atoms with E-state index in [1.54, 1.807) is 30.2 Å². The number of ether oxygens (including phenoxy) is 2. The van der Waals surface area contributed by atoms with E-state index in [1.165, 1.54) is 13.3 Å². The molecule has 0 spiro atoms. The number of aromatic nitrogens is 2. The Morgan fingerprint density at radius 2 is 1.90 bits per heavy atom. The van der Waals surface area contributed by atoms with Crippen molar-refractivity contribution in [2.75, 3.05) is 33.0 Å². The zero-order valence-corrected chi connectivity index (χ0v) is 16.9. The molecule has 3 N–H and O–H groups in total. The van der Waals surface area contributed by atoms with Crippen molar-refractivity contribution in [1.82, 2.24) is 14.9 Å². The molecule has 0 saturated carbocycles. The lowest BCUT2D eigenvalue weighted by atomic mass is 10.1. The van der Waals surface area contributed by atoms with Crippen LogP contribution in [0.15, 0.2) is 30.5 Å². The van der Waals surface area contributed by atoms with Crippen LogP contribution in [0.1, 0.15) is 34.6 Å². The van der Waals surface area contributed by atoms with Gasteiger partial charge in [0.2, 0.25) is 0 Å². The van der Waals surface area contributed by atoms with Gasteiger partial charge in [-0.2, -0.15) is 0 Å². The van der Waals surface area contributed by atoms with Crippen molar-refractivity contribution in [1.29, 1.82) is 0 Å². The molecular formula is C21H24N4O4. The van der Waals surface area contributed by atoms with Gasteiger partial charge in [-0.1, -0.05) is 0 Å². The molecular weight excluding hydrogens is 372 g/mol. The molecule has 2 aromatic heterocycles. The molecule has 3 rings (SSSR count). The minimum Gasteiger partial charge on any atom is -0.496 e. The van der Waals surface area contributed by atoms with Gasteiger partial charge in [0, 0.05) is 35.8 Å². The minimum absolute atomic E-state index is 0.0575. The summed E-state index contributed by atoms with van der Waals surface area (Å²) in [4.78, 5) is 33.7. The standard InChI is InChI=1S/C21H24N4O4/c1-5-25(6-2)20(26)12-7-8-13(17(9-12)28-3)16-10-14-15(21(27)29-4)11-23-19(22)18(14)24-16/h7-11,24H,5-6H2,1-4H3,(H2,22,23). The number of aromatic amines is 1. The van der Waals surface area contributed by atoms with E-state index in [1.807, 2.05) is 19.9 Å². The molecule has 1 aromatic carbocycles. The van der Waals surface area contributed by atoms with Crippen LogP contribution in [0.3, 0.4) is 0 Å². The average Bonchev–Trinajstić information content (AvgIpc) is 3.19. The number of benzene rings is 1. The molecule has 1 amide bonds. The van der Waals surface area contributed by atoms with Crippen LogP contribution >= 0.6 is 0 Å². The summed E-state index contributed by atoms with van der Waals surface area (Å²) in [5.74, 6) is 0.241. The maximum absolute atomic E-state index is 12.6. The summed E-state index contributed by atoms with van der Waals surface area (Å²) >= 11 is 0. The number of nitrogens with one attached hydrogen (secondary N) is 1. The van der Waals surface area contributed by atoms with E-state index in [2.05, 4.69) is 9.97 Å². The van der Waals surface area contributed by atoms with Gasteiger partial charge in [-0.3, -0.25) is 4.79 Å². The topological polar surface area (TPSA) is 111 Å². The number of fused-ring (bicyclic) bond motifs is 1. The first-order valence-electron chi connectivity index (χ1n) is 9.28. The van der Waals surface area contributed by atoms with Crippen LogP contribution in [-0.2, 0) is 4.74 Å². The lowest BCUT2D eigenvalue weighted by molar-refractivity contribution is 0.0602. The summed E-state index contributed by atoms with van der Waals surface area (Å²) in [6, 6.07) is 7.07. The van der Waals surface area contributed by atoms with E-state index in [0.717, 1.165) is 5.56 Å². The summed E-state index contributed by atoms with van der Waals surface area (Å²) in [6.45, 7) is 5.14. The highest BCUT2D eigenvalue weighted by Crippen LogP contribution is 2.35. The third kappa shape index (κ3) is 3.61. The molecule has 8 heteroatoms. The number of esters is 1. The van der Waals surface area contributed by atoms with Gasteiger partial charge in [0.05, 0.1) is 31.0 Å². The Morgan fingerprint density at radius 3 is 2.52 bits per heavy atom. The first kappa shape index (κ1) is 20.2. The zero-order valence-electron chi connectivity index (χ0n) is 16.9. The Morgan fingerprint density at radius 1 is 1.17 bits per heavy atom. The highest BCUT2D eigenvalue weighted by atomic mass is 16.5. The minimum atomic E-state index is -0.500. The molecule has 152 valence electrons. The van der Waals surface area contributed by atoms with Gasteiger partial charge >= 0.3 is 5.97 Å². The molecule has 0 unspecified atom stereocenters. The molecule has 0 saturated heterocycles. The quantitative estimate of drug-likeness (QED) is 0.620. The fourth-order valence-corrected chi connectivity index (χ4v) is 3.30. The lowest BCUT2D eigenvalue weighted by Gasteiger charge is -2.19. The average molecular weight is 396 g/mol. The van der Waals surface area contributed by atoms with Gasteiger partial charge in [0.1, 0.15) is 11.6 Å². The molecule has 29 heavy (non-hydrogen) atoms. The molecule has 0 fully saturated rings. The van der Waals surface area contributed by atoms with Crippen LogP contribution in [0.2, 0.25) is 0 Å². The van der Waals surface area contributed by atoms with Crippen molar-refractivity contribution in [3.05, 3.63) is 41.6 Å². The summed E-state index contributed by atoms with van der Waals surface area (Å²) in [5, 5.41) is 0.602. The van der Waals surface area contributed by atoms with E-state index in [9.17, 15) is 9.59 Å². The van der Waals surface area contributed by atoms with Crippen LogP contribution in [0.5, 0.6) is 5.75 Å². The molecule has 0 aliphatic heterocycles. The molecule has 0 bridgehead atoms. The number of carbonyl (C=O) groups is 2. The Kier molecular flexibility index (Phi) is 5.72. The fourth-order valence-electron chi connectivity index (χ4n) is 3.30. The van der Waals surface area contributed by atoms with Gasteiger partial charge in [-0.05, 0) is 38.1 Å². The number of methoxy groups -OCH3 is 2. The van der Waals surface area contributed by atoms with Gasteiger partial charge in [0.25, 0.3) is 5.91 Å². The maximum Gasteiger partial charge on any atom is 0.340 e. The second-order valence-corrected chi connectivity index (χ2v) is 6.41. The smallest absolute Gasteiger partial charge is 0.340 e. The fraction of sp³-hybridized carbons (Fsp3) is 0.286. The van der Waals surface area contributed by atoms with Crippen molar-refractivity contribution < 1.29 is 19.1 Å². The second-order valence-electron chi connectivity index (χ2n) is 6.41. The molecule has 2 heterocycles. The first-order chi connectivity index (χ1) is 13.9. The number of pyridine rings is 1. The van der Waals surface area contributed by atoms with Crippen LogP contribution in [-0.4, -0.2) is 54.1 Å². The summed E-state index contributed by atoms with van der Waals surface area (Å²) < 4.78 is 10.4. The SMILES string of the molecule is CCN(CC)C(=O)c1ccc(-c2cc3c(C(=O)OC)cnc(N)c3[nH]2)c(OC)c1. The largest absolute Gasteiger partial charge is 0.496 e. The Bertz CT molecular complexity index is 1070. The molecule has 3 aromatic rings. The summed E-state index contributed by atoms with van der Waals surface area (Å²) in [5.41, 5.74) is 8.79. The highest BCUT2D eigenvalue weighted by molar-refractivity contribution is 6.07. The van der Waals surface area contributed by atoms with Crippen molar-refractivity contribution in [3.63, 3.8) is 0 Å². The van der Waals surface area contributed by atoms with Crippen molar-refractivity contribution in [2.24, 2.45) is 0 Å². The number of carbonyl (C=O) groups excluding carboxylic acids is 2. The highest BCUT2D eigenvalue weighted by Gasteiger charge is 2.19. The number of nitrogen functional groups attached to an aromatic ring is 1. The van der Waals surface area contributed by atoms with Gasteiger partial charge in [0.15, 0.2) is 0 Å². The predicted octanol–water partition coefficient (Wildman–Crippen LogP) is 3.09. The van der Waals surface area contributed by atoms with E-state index in [0.29, 0.717) is 46.6 Å². The number of nitrogens with zero attached hydrogens (tertiary/aromatic N) is 2. The third-order valence-electron chi connectivity index (χ3n) is 4.89. The van der Waals surface area contributed by atoms with Crippen molar-refractivity contribution in [2.45, 2.75) is 13.8 Å². The number of hydrogen-bond acceptors (Lipinski definition) is 6. The Balaban J connectivity index is 2.11. The van der Waals surface area contributed by atoms with Crippen LogP contribution in [0, 0.1) is 0 Å². The predicted molar refractivity (Wildman–Crippen MR) is 111 cm³/mol. The molecule has 8 nitrogen and oxygen atoms in total. The zero-order chi connectivity index (χ0) is 21.1. The first-order valence-corrected chi connectivity index (χ1v) is 9.28. The molecule has 0 aliphatic carbocycles. The van der Waals surface area contributed by atoms with E-state index >= 15 is 0 Å². The second kappa shape index (κ2) is 8.22.